The molecule has 1 N–H and O–H groups in total. The minimum Gasteiger partial charge on any atom is -0.497 e. The predicted molar refractivity (Wildman–Crippen MR) is 91.4 cm³/mol. The van der Waals surface area contributed by atoms with Gasteiger partial charge >= 0.3 is 5.97 Å². The zero-order valence-corrected chi connectivity index (χ0v) is 14.3. The van der Waals surface area contributed by atoms with E-state index in [9.17, 15) is 4.79 Å². The topological polar surface area (TPSA) is 75.8 Å². The minimum absolute atomic E-state index is 0. The average molecular weight is 353 g/mol. The molecular formula is C17H21ClN2O4. The molecule has 0 bridgehead atoms. The number of hydrogen-bond donors (Lipinski definition) is 1. The smallest absolute Gasteiger partial charge is 0.307 e. The molecular weight excluding hydrogens is 332 g/mol. The molecule has 0 amide bonds. The van der Waals surface area contributed by atoms with Crippen LogP contribution in [0.3, 0.4) is 0 Å². The van der Waals surface area contributed by atoms with Crippen LogP contribution in [-0.4, -0.2) is 41.2 Å². The highest BCUT2D eigenvalue weighted by Gasteiger charge is 2.25. The van der Waals surface area contributed by atoms with Gasteiger partial charge in [0.25, 0.3) is 0 Å². The lowest BCUT2D eigenvalue weighted by atomic mass is 9.98. The zero-order chi connectivity index (χ0) is 16.2. The number of aromatic nitrogens is 1. The highest BCUT2D eigenvalue weighted by Crippen LogP contribution is 2.23. The molecule has 0 radical (unpaired) electrons. The number of nitrogens with zero attached hydrogens (tertiary/aromatic N) is 2. The first-order valence-electron chi connectivity index (χ1n) is 7.69. The van der Waals surface area contributed by atoms with E-state index in [1.807, 2.05) is 24.3 Å². The summed E-state index contributed by atoms with van der Waals surface area (Å²) in [5, 5.41) is 9.15. The van der Waals surface area contributed by atoms with E-state index in [1.165, 1.54) is 0 Å². The molecule has 1 aliphatic rings. The maximum atomic E-state index is 11.1. The van der Waals surface area contributed by atoms with Crippen LogP contribution in [0, 0.1) is 5.92 Å². The van der Waals surface area contributed by atoms with Gasteiger partial charge in [-0.05, 0) is 43.7 Å². The van der Waals surface area contributed by atoms with Crippen molar-refractivity contribution in [1.29, 1.82) is 0 Å². The first kappa shape index (κ1) is 18.3. The largest absolute Gasteiger partial charge is 0.497 e. The van der Waals surface area contributed by atoms with Crippen molar-refractivity contribution in [2.45, 2.75) is 19.4 Å². The Morgan fingerprint density at radius 1 is 1.42 bits per heavy atom. The Hall–Kier alpha value is -2.05. The molecule has 0 saturated carbocycles. The summed E-state index contributed by atoms with van der Waals surface area (Å²) < 4.78 is 10.7. The number of hydrogen-bond acceptors (Lipinski definition) is 5. The van der Waals surface area contributed by atoms with Crippen LogP contribution in [0.25, 0.3) is 11.5 Å². The molecule has 0 aliphatic carbocycles. The SMILES string of the molecule is COc1ccc(-c2nc(CN3CCCC(C(=O)O)C3)co2)cc1.Cl. The maximum Gasteiger partial charge on any atom is 0.307 e. The van der Waals surface area contributed by atoms with Crippen molar-refractivity contribution in [2.75, 3.05) is 20.2 Å². The molecule has 2 aromatic rings. The van der Waals surface area contributed by atoms with Crippen molar-refractivity contribution in [3.05, 3.63) is 36.2 Å². The van der Waals surface area contributed by atoms with Gasteiger partial charge in [-0.15, -0.1) is 12.4 Å². The Morgan fingerprint density at radius 3 is 2.83 bits per heavy atom. The van der Waals surface area contributed by atoms with Crippen molar-refractivity contribution in [3.8, 4) is 17.2 Å². The maximum absolute atomic E-state index is 11.1. The number of methoxy groups -OCH3 is 1. The van der Waals surface area contributed by atoms with E-state index in [0.717, 1.165) is 36.4 Å². The van der Waals surface area contributed by atoms with Crippen LogP contribution in [0.15, 0.2) is 34.9 Å². The second-order valence-corrected chi connectivity index (χ2v) is 5.79. The van der Waals surface area contributed by atoms with Gasteiger partial charge in [0.15, 0.2) is 0 Å². The number of benzene rings is 1. The van der Waals surface area contributed by atoms with Gasteiger partial charge in [-0.2, -0.15) is 0 Å². The Bertz CT molecular complexity index is 671. The summed E-state index contributed by atoms with van der Waals surface area (Å²) in [4.78, 5) is 17.7. The number of ether oxygens (including phenoxy) is 1. The summed E-state index contributed by atoms with van der Waals surface area (Å²) in [7, 11) is 1.63. The van der Waals surface area contributed by atoms with Gasteiger partial charge in [0.2, 0.25) is 5.89 Å². The summed E-state index contributed by atoms with van der Waals surface area (Å²) in [6.45, 7) is 2.08. The second-order valence-electron chi connectivity index (χ2n) is 5.79. The van der Waals surface area contributed by atoms with Crippen LogP contribution in [-0.2, 0) is 11.3 Å². The number of oxazole rings is 1. The van der Waals surface area contributed by atoms with Crippen LogP contribution in [0.2, 0.25) is 0 Å². The fraction of sp³-hybridized carbons (Fsp3) is 0.412. The lowest BCUT2D eigenvalue weighted by Gasteiger charge is -2.29. The number of halogens is 1. The van der Waals surface area contributed by atoms with E-state index in [4.69, 9.17) is 14.3 Å². The summed E-state index contributed by atoms with van der Waals surface area (Å²) in [5.74, 6) is 0.355. The molecule has 1 atom stereocenters. The molecule has 1 unspecified atom stereocenters. The molecule has 1 aromatic carbocycles. The van der Waals surface area contributed by atoms with Crippen LogP contribution in [0.1, 0.15) is 18.5 Å². The first-order valence-corrected chi connectivity index (χ1v) is 7.69. The third-order valence-electron chi connectivity index (χ3n) is 4.13. The van der Waals surface area contributed by atoms with Gasteiger partial charge in [0, 0.05) is 18.7 Å². The van der Waals surface area contributed by atoms with Gasteiger partial charge in [-0.3, -0.25) is 9.69 Å². The van der Waals surface area contributed by atoms with E-state index < -0.39 is 5.97 Å². The van der Waals surface area contributed by atoms with E-state index >= 15 is 0 Å². The summed E-state index contributed by atoms with van der Waals surface area (Å²) in [6, 6.07) is 7.52. The Labute approximate surface area is 146 Å². The van der Waals surface area contributed by atoms with Crippen LogP contribution in [0.5, 0.6) is 5.75 Å². The number of carbonyl (C=O) groups is 1. The quantitative estimate of drug-likeness (QED) is 0.891. The number of carboxylic acid groups (broad SMARTS) is 1. The number of likely N-dealkylation sites (tertiary alicyclic amines) is 1. The molecule has 2 heterocycles. The molecule has 7 heteroatoms. The average Bonchev–Trinajstić information content (AvgIpc) is 3.03. The van der Waals surface area contributed by atoms with Gasteiger partial charge in [-0.25, -0.2) is 4.98 Å². The lowest BCUT2D eigenvalue weighted by Crippen LogP contribution is -2.38. The number of aliphatic carboxylic acids is 1. The van der Waals surface area contributed by atoms with E-state index in [2.05, 4.69) is 9.88 Å². The highest BCUT2D eigenvalue weighted by atomic mass is 35.5. The molecule has 3 rings (SSSR count). The van der Waals surface area contributed by atoms with Crippen molar-refractivity contribution in [2.24, 2.45) is 5.92 Å². The number of piperidine rings is 1. The van der Waals surface area contributed by atoms with Crippen molar-refractivity contribution in [1.82, 2.24) is 9.88 Å². The summed E-state index contributed by atoms with van der Waals surface area (Å²) >= 11 is 0. The molecule has 1 aliphatic heterocycles. The summed E-state index contributed by atoms with van der Waals surface area (Å²) in [5.41, 5.74) is 1.71. The molecule has 1 saturated heterocycles. The third kappa shape index (κ3) is 4.27. The second kappa shape index (κ2) is 8.17. The van der Waals surface area contributed by atoms with Crippen molar-refractivity contribution in [3.63, 3.8) is 0 Å². The van der Waals surface area contributed by atoms with Crippen LogP contribution >= 0.6 is 12.4 Å². The number of rotatable bonds is 5. The molecule has 1 aromatic heterocycles. The molecule has 1 fully saturated rings. The fourth-order valence-electron chi connectivity index (χ4n) is 2.88. The van der Waals surface area contributed by atoms with Crippen LogP contribution in [0.4, 0.5) is 0 Å². The van der Waals surface area contributed by atoms with Gasteiger partial charge in [-0.1, -0.05) is 0 Å². The predicted octanol–water partition coefficient (Wildman–Crippen LogP) is 3.07. The molecule has 24 heavy (non-hydrogen) atoms. The summed E-state index contributed by atoms with van der Waals surface area (Å²) in [6.07, 6.45) is 3.30. The Kier molecular flexibility index (Phi) is 6.23. The van der Waals surface area contributed by atoms with Gasteiger partial charge in [0.1, 0.15) is 12.0 Å². The standard InChI is InChI=1S/C17H20N2O4.ClH/c1-22-15-6-4-12(5-7-15)16-18-14(11-23-16)10-19-8-2-3-13(9-19)17(20)21;/h4-7,11,13H,2-3,8-10H2,1H3,(H,20,21);1H. The van der Waals surface area contributed by atoms with Crippen LogP contribution < -0.4 is 4.74 Å². The Morgan fingerprint density at radius 2 is 2.17 bits per heavy atom. The molecule has 6 nitrogen and oxygen atoms in total. The molecule has 0 spiro atoms. The first-order chi connectivity index (χ1) is 11.2. The highest BCUT2D eigenvalue weighted by molar-refractivity contribution is 5.85. The van der Waals surface area contributed by atoms with Crippen molar-refractivity contribution >= 4 is 18.4 Å². The monoisotopic (exact) mass is 352 g/mol. The minimum atomic E-state index is -0.714. The Balaban J connectivity index is 0.00000208. The van der Waals surface area contributed by atoms with E-state index in [0.29, 0.717) is 19.0 Å². The fourth-order valence-corrected chi connectivity index (χ4v) is 2.88. The normalized spacial score (nSPS) is 18.0. The number of carboxylic acids is 1. The van der Waals surface area contributed by atoms with E-state index in [-0.39, 0.29) is 18.3 Å². The zero-order valence-electron chi connectivity index (χ0n) is 13.5. The molecule has 130 valence electrons. The van der Waals surface area contributed by atoms with E-state index in [1.54, 1.807) is 13.4 Å². The van der Waals surface area contributed by atoms with Crippen molar-refractivity contribution < 1.29 is 19.1 Å². The van der Waals surface area contributed by atoms with Gasteiger partial charge < -0.3 is 14.3 Å². The van der Waals surface area contributed by atoms with Gasteiger partial charge in [0.05, 0.1) is 18.7 Å². The lowest BCUT2D eigenvalue weighted by molar-refractivity contribution is -0.143. The third-order valence-corrected chi connectivity index (χ3v) is 4.13.